The van der Waals surface area contributed by atoms with Crippen LogP contribution in [-0.4, -0.2) is 47.6 Å². The topological polar surface area (TPSA) is 69.6 Å². The second-order valence-electron chi connectivity index (χ2n) is 6.90. The molecule has 1 aliphatic heterocycles. The highest BCUT2D eigenvalue weighted by Crippen LogP contribution is 2.48. The zero-order chi connectivity index (χ0) is 14.8. The van der Waals surface area contributed by atoms with Gasteiger partial charge in [-0.3, -0.25) is 9.59 Å². The second-order valence-corrected chi connectivity index (χ2v) is 6.90. The van der Waals surface area contributed by atoms with Gasteiger partial charge < -0.3 is 15.3 Å². The highest BCUT2D eigenvalue weighted by Gasteiger charge is 2.50. The van der Waals surface area contributed by atoms with Crippen LogP contribution in [0, 0.1) is 17.8 Å². The van der Waals surface area contributed by atoms with Gasteiger partial charge in [0.1, 0.15) is 0 Å². The van der Waals surface area contributed by atoms with Crippen molar-refractivity contribution in [3.8, 4) is 0 Å². The maximum absolute atomic E-state index is 12.3. The maximum atomic E-state index is 12.3. The van der Waals surface area contributed by atoms with Gasteiger partial charge in [0.05, 0.1) is 12.5 Å². The van der Waals surface area contributed by atoms with Gasteiger partial charge in [0, 0.05) is 19.1 Å². The summed E-state index contributed by atoms with van der Waals surface area (Å²) in [5.41, 5.74) is 0. The van der Waals surface area contributed by atoms with Crippen LogP contribution in [-0.2, 0) is 9.59 Å². The third-order valence-electron chi connectivity index (χ3n) is 5.65. The van der Waals surface area contributed by atoms with E-state index in [0.717, 1.165) is 45.2 Å². The molecular formula is C16H26N2O3. The van der Waals surface area contributed by atoms with E-state index >= 15 is 0 Å². The van der Waals surface area contributed by atoms with E-state index < -0.39 is 5.97 Å². The van der Waals surface area contributed by atoms with Crippen LogP contribution in [0.25, 0.3) is 0 Å². The number of rotatable bonds is 4. The lowest BCUT2D eigenvalue weighted by Crippen LogP contribution is -2.48. The summed E-state index contributed by atoms with van der Waals surface area (Å²) in [4.78, 5) is 25.7. The highest BCUT2D eigenvalue weighted by atomic mass is 16.4. The van der Waals surface area contributed by atoms with Crippen molar-refractivity contribution >= 4 is 11.9 Å². The number of carboxylic acid groups (broad SMARTS) is 1. The largest absolute Gasteiger partial charge is 0.481 e. The van der Waals surface area contributed by atoms with E-state index in [1.807, 2.05) is 4.90 Å². The van der Waals surface area contributed by atoms with Gasteiger partial charge in [0.15, 0.2) is 0 Å². The molecule has 5 heteroatoms. The Kier molecular flexibility index (Phi) is 4.48. The van der Waals surface area contributed by atoms with Crippen LogP contribution >= 0.6 is 0 Å². The van der Waals surface area contributed by atoms with Crippen molar-refractivity contribution in [2.24, 2.45) is 17.8 Å². The van der Waals surface area contributed by atoms with Crippen molar-refractivity contribution in [3.63, 3.8) is 0 Å². The van der Waals surface area contributed by atoms with Crippen molar-refractivity contribution in [1.29, 1.82) is 0 Å². The summed E-state index contributed by atoms with van der Waals surface area (Å²) in [7, 11) is 0. The van der Waals surface area contributed by atoms with E-state index in [4.69, 9.17) is 0 Å². The first kappa shape index (κ1) is 14.8. The maximum Gasteiger partial charge on any atom is 0.308 e. The van der Waals surface area contributed by atoms with Gasteiger partial charge in [-0.15, -0.1) is 0 Å². The lowest BCUT2D eigenvalue weighted by Gasteiger charge is -2.30. The molecule has 2 bridgehead atoms. The lowest BCUT2D eigenvalue weighted by atomic mass is 9.84. The van der Waals surface area contributed by atoms with Crippen LogP contribution in [0.5, 0.6) is 0 Å². The molecule has 4 atom stereocenters. The van der Waals surface area contributed by atoms with Gasteiger partial charge in [-0.1, -0.05) is 12.8 Å². The van der Waals surface area contributed by atoms with Crippen LogP contribution in [0.1, 0.15) is 44.9 Å². The molecule has 3 aliphatic rings. The standard InChI is InChI=1S/C16H26N2O3/c19-13(18-7-3-1-2-4-8-18)10-17-15-12-6-5-11(9-12)14(15)16(20)21/h11-12,14-15,17H,1-10H2,(H,20,21). The summed E-state index contributed by atoms with van der Waals surface area (Å²) in [6.45, 7) is 2.02. The number of aliphatic carboxylic acids is 1. The molecule has 0 aromatic rings. The number of hydrogen-bond acceptors (Lipinski definition) is 3. The minimum absolute atomic E-state index is 0.00261. The minimum Gasteiger partial charge on any atom is -0.481 e. The van der Waals surface area contributed by atoms with Crippen LogP contribution < -0.4 is 5.32 Å². The van der Waals surface area contributed by atoms with Crippen molar-refractivity contribution < 1.29 is 14.7 Å². The molecule has 0 aromatic carbocycles. The van der Waals surface area contributed by atoms with Crippen molar-refractivity contribution in [2.75, 3.05) is 19.6 Å². The molecule has 2 aliphatic carbocycles. The number of carbonyl (C=O) groups is 2. The molecular weight excluding hydrogens is 268 g/mol. The fourth-order valence-electron chi connectivity index (χ4n) is 4.58. The molecule has 118 valence electrons. The van der Waals surface area contributed by atoms with E-state index in [1.54, 1.807) is 0 Å². The first-order chi connectivity index (χ1) is 10.2. The molecule has 3 rings (SSSR count). The Balaban J connectivity index is 1.54. The predicted octanol–water partition coefficient (Wildman–Crippen LogP) is 1.48. The molecule has 0 spiro atoms. The monoisotopic (exact) mass is 294 g/mol. The quantitative estimate of drug-likeness (QED) is 0.824. The second kappa shape index (κ2) is 6.34. The molecule has 1 saturated heterocycles. The van der Waals surface area contributed by atoms with E-state index in [1.165, 1.54) is 12.8 Å². The predicted molar refractivity (Wildman–Crippen MR) is 78.8 cm³/mol. The van der Waals surface area contributed by atoms with Crippen LogP contribution in [0.15, 0.2) is 0 Å². The van der Waals surface area contributed by atoms with E-state index in [-0.39, 0.29) is 17.9 Å². The van der Waals surface area contributed by atoms with Gasteiger partial charge >= 0.3 is 5.97 Å². The zero-order valence-electron chi connectivity index (χ0n) is 12.6. The number of hydrogen-bond donors (Lipinski definition) is 2. The first-order valence-electron chi connectivity index (χ1n) is 8.41. The summed E-state index contributed by atoms with van der Waals surface area (Å²) in [5, 5.41) is 12.7. The minimum atomic E-state index is -0.693. The third-order valence-corrected chi connectivity index (χ3v) is 5.65. The summed E-state index contributed by atoms with van der Waals surface area (Å²) >= 11 is 0. The number of nitrogens with zero attached hydrogens (tertiary/aromatic N) is 1. The molecule has 2 N–H and O–H groups in total. The Morgan fingerprint density at radius 1 is 1.05 bits per heavy atom. The average molecular weight is 294 g/mol. The molecule has 3 fully saturated rings. The molecule has 0 radical (unpaired) electrons. The average Bonchev–Trinajstić information content (AvgIpc) is 2.95. The van der Waals surface area contributed by atoms with Crippen molar-refractivity contribution in [3.05, 3.63) is 0 Å². The SMILES string of the molecule is O=C(O)C1C2CCC(C2)C1NCC(=O)N1CCCCCC1. The smallest absolute Gasteiger partial charge is 0.308 e. The number of fused-ring (bicyclic) bond motifs is 2. The fraction of sp³-hybridized carbons (Fsp3) is 0.875. The van der Waals surface area contributed by atoms with Crippen LogP contribution in [0.4, 0.5) is 0 Å². The summed E-state index contributed by atoms with van der Waals surface area (Å²) < 4.78 is 0. The third kappa shape index (κ3) is 3.07. The molecule has 1 heterocycles. The molecule has 4 unspecified atom stereocenters. The Labute approximate surface area is 126 Å². The molecule has 1 amide bonds. The van der Waals surface area contributed by atoms with Crippen LogP contribution in [0.3, 0.4) is 0 Å². The van der Waals surface area contributed by atoms with E-state index in [2.05, 4.69) is 5.32 Å². The first-order valence-corrected chi connectivity index (χ1v) is 8.41. The zero-order valence-corrected chi connectivity index (χ0v) is 12.6. The van der Waals surface area contributed by atoms with Crippen LogP contribution in [0.2, 0.25) is 0 Å². The van der Waals surface area contributed by atoms with E-state index in [0.29, 0.717) is 18.4 Å². The number of carbonyl (C=O) groups excluding carboxylic acids is 1. The molecule has 2 saturated carbocycles. The van der Waals surface area contributed by atoms with Gasteiger partial charge in [-0.05, 0) is 43.9 Å². The molecule has 21 heavy (non-hydrogen) atoms. The summed E-state index contributed by atoms with van der Waals surface area (Å²) in [5.74, 6) is -0.0715. The Morgan fingerprint density at radius 3 is 2.38 bits per heavy atom. The molecule has 5 nitrogen and oxygen atoms in total. The van der Waals surface area contributed by atoms with Gasteiger partial charge in [-0.2, -0.15) is 0 Å². The van der Waals surface area contributed by atoms with Gasteiger partial charge in [0.2, 0.25) is 5.91 Å². The van der Waals surface area contributed by atoms with Gasteiger partial charge in [0.25, 0.3) is 0 Å². The van der Waals surface area contributed by atoms with Gasteiger partial charge in [-0.25, -0.2) is 0 Å². The number of carboxylic acids is 1. The van der Waals surface area contributed by atoms with E-state index in [9.17, 15) is 14.7 Å². The Bertz CT molecular complexity index is 404. The fourth-order valence-corrected chi connectivity index (χ4v) is 4.58. The Hall–Kier alpha value is -1.10. The van der Waals surface area contributed by atoms with Crippen molar-refractivity contribution in [1.82, 2.24) is 10.2 Å². The summed E-state index contributed by atoms with van der Waals surface area (Å²) in [6.07, 6.45) is 7.79. The lowest BCUT2D eigenvalue weighted by molar-refractivity contribution is -0.145. The molecule has 0 aromatic heterocycles. The normalized spacial score (nSPS) is 35.7. The number of amides is 1. The number of nitrogens with one attached hydrogen (secondary N) is 1. The van der Waals surface area contributed by atoms with Crippen molar-refractivity contribution in [2.45, 2.75) is 51.0 Å². The highest BCUT2D eigenvalue weighted by molar-refractivity contribution is 5.78. The Morgan fingerprint density at radius 2 is 1.71 bits per heavy atom. The summed E-state index contributed by atoms with van der Waals surface area (Å²) in [6, 6.07) is -0.00261. The number of likely N-dealkylation sites (tertiary alicyclic amines) is 1.